The summed E-state index contributed by atoms with van der Waals surface area (Å²) in [5.41, 5.74) is 0. The summed E-state index contributed by atoms with van der Waals surface area (Å²) in [5.74, 6) is 2.65. The Kier molecular flexibility index (Phi) is 5.66. The quantitative estimate of drug-likeness (QED) is 0.697. The Morgan fingerprint density at radius 2 is 1.73 bits per heavy atom. The lowest BCUT2D eigenvalue weighted by Gasteiger charge is -2.19. The second-order valence-electron chi connectivity index (χ2n) is 6.01. The first-order valence-electron chi connectivity index (χ1n) is 6.83. The number of hydrogen-bond acceptors (Lipinski definition) is 1. The molecule has 0 aromatic rings. The van der Waals surface area contributed by atoms with Crippen molar-refractivity contribution in [1.82, 2.24) is 5.32 Å². The van der Waals surface area contributed by atoms with Crippen molar-refractivity contribution in [2.75, 3.05) is 6.54 Å². The van der Waals surface area contributed by atoms with Gasteiger partial charge in [-0.2, -0.15) is 0 Å². The van der Waals surface area contributed by atoms with E-state index in [9.17, 15) is 0 Å². The van der Waals surface area contributed by atoms with Gasteiger partial charge in [-0.25, -0.2) is 0 Å². The van der Waals surface area contributed by atoms with Gasteiger partial charge < -0.3 is 5.32 Å². The Labute approximate surface area is 96.0 Å². The van der Waals surface area contributed by atoms with Crippen LogP contribution in [-0.2, 0) is 0 Å². The Bertz CT molecular complexity index is 163. The van der Waals surface area contributed by atoms with E-state index < -0.39 is 0 Å². The van der Waals surface area contributed by atoms with E-state index >= 15 is 0 Å². The Morgan fingerprint density at radius 1 is 1.00 bits per heavy atom. The molecule has 15 heavy (non-hydrogen) atoms. The average molecular weight is 211 g/mol. The fraction of sp³-hybridized carbons (Fsp3) is 1.00. The van der Waals surface area contributed by atoms with Crippen LogP contribution in [0.3, 0.4) is 0 Å². The minimum atomic E-state index is 0.786. The molecule has 1 aliphatic carbocycles. The summed E-state index contributed by atoms with van der Waals surface area (Å²) < 4.78 is 0. The van der Waals surface area contributed by atoms with Gasteiger partial charge in [0, 0.05) is 6.04 Å². The molecule has 1 nitrogen and oxygen atoms in total. The molecule has 0 amide bonds. The first-order valence-corrected chi connectivity index (χ1v) is 6.83. The summed E-state index contributed by atoms with van der Waals surface area (Å²) in [6, 6.07) is 0.802. The van der Waals surface area contributed by atoms with Crippen LogP contribution in [0.5, 0.6) is 0 Å². The van der Waals surface area contributed by atoms with Crippen LogP contribution < -0.4 is 5.32 Å². The zero-order valence-corrected chi connectivity index (χ0v) is 11.1. The fourth-order valence-corrected chi connectivity index (χ4v) is 2.60. The van der Waals surface area contributed by atoms with E-state index in [4.69, 9.17) is 0 Å². The zero-order chi connectivity index (χ0) is 11.3. The highest BCUT2D eigenvalue weighted by Gasteiger charge is 2.20. The minimum absolute atomic E-state index is 0.786. The first kappa shape index (κ1) is 13.0. The Morgan fingerprint density at radius 3 is 2.33 bits per heavy atom. The lowest BCUT2D eigenvalue weighted by atomic mass is 9.89. The van der Waals surface area contributed by atoms with Crippen molar-refractivity contribution in [2.24, 2.45) is 17.8 Å². The average Bonchev–Trinajstić information content (AvgIpc) is 2.39. The molecule has 0 aromatic heterocycles. The second-order valence-corrected chi connectivity index (χ2v) is 6.01. The molecule has 0 bridgehead atoms. The molecular weight excluding hydrogens is 182 g/mol. The van der Waals surface area contributed by atoms with Crippen LogP contribution in [0.1, 0.15) is 59.8 Å². The number of nitrogens with one attached hydrogen (secondary N) is 1. The van der Waals surface area contributed by atoms with Gasteiger partial charge in [-0.15, -0.1) is 0 Å². The normalized spacial score (nSPS) is 28.4. The van der Waals surface area contributed by atoms with Gasteiger partial charge in [-0.1, -0.05) is 40.5 Å². The van der Waals surface area contributed by atoms with E-state index in [0.717, 1.165) is 23.8 Å². The molecule has 0 aromatic carbocycles. The molecule has 90 valence electrons. The van der Waals surface area contributed by atoms with Gasteiger partial charge >= 0.3 is 0 Å². The third kappa shape index (κ3) is 5.01. The monoisotopic (exact) mass is 211 g/mol. The predicted octanol–water partition coefficient (Wildman–Crippen LogP) is 3.84. The predicted molar refractivity (Wildman–Crippen MR) is 68.0 cm³/mol. The van der Waals surface area contributed by atoms with E-state index in [2.05, 4.69) is 33.0 Å². The van der Waals surface area contributed by atoms with E-state index in [1.807, 2.05) is 0 Å². The molecule has 1 rings (SSSR count). The van der Waals surface area contributed by atoms with E-state index in [1.165, 1.54) is 38.6 Å². The van der Waals surface area contributed by atoms with Gasteiger partial charge in [0.15, 0.2) is 0 Å². The van der Waals surface area contributed by atoms with Crippen LogP contribution in [0.25, 0.3) is 0 Å². The molecule has 1 saturated carbocycles. The van der Waals surface area contributed by atoms with Crippen LogP contribution in [0.15, 0.2) is 0 Å². The van der Waals surface area contributed by atoms with Crippen molar-refractivity contribution in [1.29, 1.82) is 0 Å². The molecule has 2 atom stereocenters. The van der Waals surface area contributed by atoms with Crippen LogP contribution in [-0.4, -0.2) is 12.6 Å². The van der Waals surface area contributed by atoms with Gasteiger partial charge in [-0.05, 0) is 43.6 Å². The summed E-state index contributed by atoms with van der Waals surface area (Å²) in [6.45, 7) is 10.5. The van der Waals surface area contributed by atoms with Crippen molar-refractivity contribution in [3.05, 3.63) is 0 Å². The second kappa shape index (κ2) is 6.52. The molecule has 1 heteroatoms. The molecule has 0 aliphatic heterocycles. The van der Waals surface area contributed by atoms with Crippen molar-refractivity contribution in [3.63, 3.8) is 0 Å². The molecule has 1 aliphatic rings. The van der Waals surface area contributed by atoms with Crippen LogP contribution >= 0.6 is 0 Å². The number of rotatable bonds is 4. The first-order chi connectivity index (χ1) is 7.09. The van der Waals surface area contributed by atoms with E-state index in [1.54, 1.807) is 0 Å². The topological polar surface area (TPSA) is 12.0 Å². The highest BCUT2D eigenvalue weighted by atomic mass is 14.9. The summed E-state index contributed by atoms with van der Waals surface area (Å²) in [4.78, 5) is 0. The van der Waals surface area contributed by atoms with Crippen LogP contribution in [0.4, 0.5) is 0 Å². The lowest BCUT2D eigenvalue weighted by molar-refractivity contribution is 0.336. The molecule has 0 saturated heterocycles. The summed E-state index contributed by atoms with van der Waals surface area (Å²) in [5, 5.41) is 3.72. The van der Waals surface area contributed by atoms with Gasteiger partial charge in [0.2, 0.25) is 0 Å². The molecule has 0 heterocycles. The number of hydrogen-bond donors (Lipinski definition) is 1. The van der Waals surface area contributed by atoms with Crippen LogP contribution in [0, 0.1) is 17.8 Å². The smallest absolute Gasteiger partial charge is 0.00672 e. The zero-order valence-electron chi connectivity index (χ0n) is 11.1. The molecule has 1 fully saturated rings. The van der Waals surface area contributed by atoms with Gasteiger partial charge in [0.25, 0.3) is 0 Å². The standard InChI is InChI=1S/C14H29N/c1-11(2)10-15-14-7-5-6-13(8-9-14)12(3)4/h11-15H,5-10H2,1-4H3. The third-order valence-corrected chi connectivity index (χ3v) is 3.77. The van der Waals surface area contributed by atoms with E-state index in [-0.39, 0.29) is 0 Å². The molecule has 2 unspecified atom stereocenters. The summed E-state index contributed by atoms with van der Waals surface area (Å²) >= 11 is 0. The largest absolute Gasteiger partial charge is 0.314 e. The van der Waals surface area contributed by atoms with Gasteiger partial charge in [0.05, 0.1) is 0 Å². The molecule has 1 N–H and O–H groups in total. The summed E-state index contributed by atoms with van der Waals surface area (Å²) in [6.07, 6.45) is 7.12. The lowest BCUT2D eigenvalue weighted by Crippen LogP contribution is -2.31. The maximum absolute atomic E-state index is 3.72. The van der Waals surface area contributed by atoms with E-state index in [0.29, 0.717) is 0 Å². The molecular formula is C14H29N. The van der Waals surface area contributed by atoms with Crippen molar-refractivity contribution in [3.8, 4) is 0 Å². The van der Waals surface area contributed by atoms with Crippen molar-refractivity contribution in [2.45, 2.75) is 65.8 Å². The Hall–Kier alpha value is -0.0400. The highest BCUT2D eigenvalue weighted by molar-refractivity contribution is 4.76. The fourth-order valence-electron chi connectivity index (χ4n) is 2.60. The maximum Gasteiger partial charge on any atom is 0.00672 e. The molecule has 0 radical (unpaired) electrons. The minimum Gasteiger partial charge on any atom is -0.314 e. The van der Waals surface area contributed by atoms with Gasteiger partial charge in [-0.3, -0.25) is 0 Å². The highest BCUT2D eigenvalue weighted by Crippen LogP contribution is 2.28. The molecule has 0 spiro atoms. The van der Waals surface area contributed by atoms with Crippen molar-refractivity contribution < 1.29 is 0 Å². The van der Waals surface area contributed by atoms with Crippen molar-refractivity contribution >= 4 is 0 Å². The maximum atomic E-state index is 3.72. The Balaban J connectivity index is 2.26. The van der Waals surface area contributed by atoms with Gasteiger partial charge in [0.1, 0.15) is 0 Å². The van der Waals surface area contributed by atoms with Crippen LogP contribution in [0.2, 0.25) is 0 Å². The third-order valence-electron chi connectivity index (χ3n) is 3.77. The summed E-state index contributed by atoms with van der Waals surface area (Å²) in [7, 11) is 0. The SMILES string of the molecule is CC(C)CNC1CCCC(C(C)C)CC1.